The summed E-state index contributed by atoms with van der Waals surface area (Å²) >= 11 is 11.1. The second-order valence-electron chi connectivity index (χ2n) is 2.42. The largest absolute Gasteiger partial charge is 0.271 e. The maximum atomic E-state index is 13.1. The number of benzene rings is 1. The van der Waals surface area contributed by atoms with E-state index in [4.69, 9.17) is 11.6 Å². The van der Waals surface area contributed by atoms with Gasteiger partial charge in [0.05, 0.1) is 0 Å². The molecular formula is C7H2BrClFIN2. The molecule has 0 saturated heterocycles. The number of aromatic nitrogens is 2. The number of nitrogens with zero attached hydrogens (tertiary/aromatic N) is 1. The van der Waals surface area contributed by atoms with Crippen molar-refractivity contribution in [3.63, 3.8) is 0 Å². The lowest BCUT2D eigenvalue weighted by Crippen LogP contribution is -1.80. The molecule has 0 fully saturated rings. The average Bonchev–Trinajstić information content (AvgIpc) is 2.44. The minimum Gasteiger partial charge on any atom is -0.271 e. The normalized spacial score (nSPS) is 11.1. The molecule has 0 atom stereocenters. The van der Waals surface area contributed by atoms with E-state index >= 15 is 0 Å². The van der Waals surface area contributed by atoms with E-state index in [1.807, 2.05) is 0 Å². The van der Waals surface area contributed by atoms with Crippen LogP contribution in [0.15, 0.2) is 10.5 Å². The monoisotopic (exact) mass is 374 g/mol. The molecule has 0 radical (unpaired) electrons. The van der Waals surface area contributed by atoms with Crippen molar-refractivity contribution in [3.05, 3.63) is 25.1 Å². The molecule has 0 bridgehead atoms. The van der Waals surface area contributed by atoms with E-state index in [-0.39, 0.29) is 5.02 Å². The van der Waals surface area contributed by atoms with Crippen LogP contribution in [-0.4, -0.2) is 10.2 Å². The Hall–Kier alpha value is 0.120. The van der Waals surface area contributed by atoms with Crippen molar-refractivity contribution in [1.82, 2.24) is 10.2 Å². The zero-order valence-electron chi connectivity index (χ0n) is 6.04. The third-order valence-corrected chi connectivity index (χ3v) is 3.40. The molecule has 2 nitrogen and oxygen atoms in total. The van der Waals surface area contributed by atoms with Crippen molar-refractivity contribution in [2.45, 2.75) is 0 Å². The lowest BCUT2D eigenvalue weighted by molar-refractivity contribution is 0.629. The van der Waals surface area contributed by atoms with Crippen LogP contribution in [0.5, 0.6) is 0 Å². The van der Waals surface area contributed by atoms with E-state index in [1.165, 1.54) is 6.07 Å². The van der Waals surface area contributed by atoms with Gasteiger partial charge in [-0.3, -0.25) is 5.10 Å². The number of hydrogen-bond acceptors (Lipinski definition) is 1. The standard InChI is InChI=1S/C7H2BrClFIN2/c8-2-1-3(10)5(9)6-4(2)7(11)13-12-6/h1H,(H,12,13). The second kappa shape index (κ2) is 3.36. The number of aromatic amines is 1. The molecular weight excluding hydrogens is 373 g/mol. The molecule has 2 aromatic rings. The molecule has 0 aliphatic heterocycles. The number of H-pyrrole nitrogens is 1. The number of hydrogen-bond donors (Lipinski definition) is 1. The van der Waals surface area contributed by atoms with E-state index < -0.39 is 5.82 Å². The first-order chi connectivity index (χ1) is 6.11. The van der Waals surface area contributed by atoms with E-state index in [0.717, 1.165) is 9.09 Å². The summed E-state index contributed by atoms with van der Waals surface area (Å²) in [5, 5.41) is 7.51. The highest BCUT2D eigenvalue weighted by molar-refractivity contribution is 14.1. The molecule has 1 N–H and O–H groups in total. The smallest absolute Gasteiger partial charge is 0.145 e. The second-order valence-corrected chi connectivity index (χ2v) is 4.73. The molecule has 1 heterocycles. The van der Waals surface area contributed by atoms with Crippen molar-refractivity contribution in [2.24, 2.45) is 0 Å². The number of nitrogens with one attached hydrogen (secondary N) is 1. The molecule has 6 heteroatoms. The Kier molecular flexibility index (Phi) is 2.50. The molecule has 0 unspecified atom stereocenters. The molecule has 0 aliphatic rings. The van der Waals surface area contributed by atoms with Crippen molar-refractivity contribution in [3.8, 4) is 0 Å². The molecule has 0 amide bonds. The van der Waals surface area contributed by atoms with E-state index in [0.29, 0.717) is 9.99 Å². The van der Waals surface area contributed by atoms with Crippen molar-refractivity contribution in [2.75, 3.05) is 0 Å². The highest BCUT2D eigenvalue weighted by Gasteiger charge is 2.14. The summed E-state index contributed by atoms with van der Waals surface area (Å²) in [5.41, 5.74) is 0.456. The van der Waals surface area contributed by atoms with Crippen molar-refractivity contribution < 1.29 is 4.39 Å². The van der Waals surface area contributed by atoms with Crippen LogP contribution >= 0.6 is 50.1 Å². The maximum absolute atomic E-state index is 13.1. The van der Waals surface area contributed by atoms with Crippen LogP contribution in [0, 0.1) is 9.52 Å². The zero-order chi connectivity index (χ0) is 9.59. The van der Waals surface area contributed by atoms with Crippen LogP contribution in [0.2, 0.25) is 5.02 Å². The van der Waals surface area contributed by atoms with E-state index in [1.54, 1.807) is 0 Å². The van der Waals surface area contributed by atoms with Crippen LogP contribution in [0.25, 0.3) is 10.9 Å². The van der Waals surface area contributed by atoms with Crippen molar-refractivity contribution in [1.29, 1.82) is 0 Å². The Morgan fingerprint density at radius 2 is 2.31 bits per heavy atom. The molecule has 13 heavy (non-hydrogen) atoms. The SMILES string of the molecule is Fc1cc(Br)c2c(I)[nH]nc2c1Cl. The van der Waals surface area contributed by atoms with Gasteiger partial charge in [0.25, 0.3) is 0 Å². The number of halogens is 4. The molecule has 2 rings (SSSR count). The highest BCUT2D eigenvalue weighted by Crippen LogP contribution is 2.33. The predicted octanol–water partition coefficient (Wildman–Crippen LogP) is 3.72. The van der Waals surface area contributed by atoms with Crippen LogP contribution in [0.4, 0.5) is 4.39 Å². The van der Waals surface area contributed by atoms with Gasteiger partial charge in [0.15, 0.2) is 0 Å². The Balaban J connectivity index is 2.99. The summed E-state index contributed by atoms with van der Waals surface area (Å²) in [6.07, 6.45) is 0. The molecule has 1 aromatic heterocycles. The Labute approximate surface area is 100 Å². The highest BCUT2D eigenvalue weighted by atomic mass is 127. The molecule has 68 valence electrons. The van der Waals surface area contributed by atoms with Crippen LogP contribution in [0.1, 0.15) is 0 Å². The Bertz CT molecular complexity index is 485. The van der Waals surface area contributed by atoms with E-state index in [2.05, 4.69) is 48.7 Å². The average molecular weight is 375 g/mol. The summed E-state index contributed by atoms with van der Waals surface area (Å²) in [4.78, 5) is 0. The molecule has 0 spiro atoms. The lowest BCUT2D eigenvalue weighted by atomic mass is 10.2. The minimum atomic E-state index is -0.469. The fourth-order valence-corrected chi connectivity index (χ4v) is 2.87. The predicted molar refractivity (Wildman–Crippen MR) is 61.5 cm³/mol. The van der Waals surface area contributed by atoms with Crippen LogP contribution in [-0.2, 0) is 0 Å². The van der Waals surface area contributed by atoms with Gasteiger partial charge in [0.1, 0.15) is 20.1 Å². The van der Waals surface area contributed by atoms with Crippen LogP contribution in [0.3, 0.4) is 0 Å². The Morgan fingerprint density at radius 1 is 1.62 bits per heavy atom. The van der Waals surface area contributed by atoms with Gasteiger partial charge in [-0.15, -0.1) is 0 Å². The molecule has 0 aliphatic carbocycles. The first kappa shape index (κ1) is 9.67. The summed E-state index contributed by atoms with van der Waals surface area (Å²) < 4.78 is 14.6. The first-order valence-electron chi connectivity index (χ1n) is 3.28. The van der Waals surface area contributed by atoms with Gasteiger partial charge in [-0.05, 0) is 44.6 Å². The van der Waals surface area contributed by atoms with Gasteiger partial charge in [0.2, 0.25) is 0 Å². The third-order valence-electron chi connectivity index (χ3n) is 1.63. The first-order valence-corrected chi connectivity index (χ1v) is 5.53. The topological polar surface area (TPSA) is 28.7 Å². The summed E-state index contributed by atoms with van der Waals surface area (Å²) in [6, 6.07) is 1.34. The summed E-state index contributed by atoms with van der Waals surface area (Å²) in [5.74, 6) is -0.469. The fourth-order valence-electron chi connectivity index (χ4n) is 1.06. The van der Waals surface area contributed by atoms with Gasteiger partial charge >= 0.3 is 0 Å². The van der Waals surface area contributed by atoms with Gasteiger partial charge in [-0.1, -0.05) is 11.6 Å². The molecule has 1 aromatic carbocycles. The minimum absolute atomic E-state index is 0.0531. The van der Waals surface area contributed by atoms with Crippen molar-refractivity contribution >= 4 is 61.0 Å². The zero-order valence-corrected chi connectivity index (χ0v) is 10.5. The fraction of sp³-hybridized carbons (Fsp3) is 0. The van der Waals surface area contributed by atoms with Crippen LogP contribution < -0.4 is 0 Å². The maximum Gasteiger partial charge on any atom is 0.145 e. The summed E-state index contributed by atoms with van der Waals surface area (Å²) in [6.45, 7) is 0. The van der Waals surface area contributed by atoms with E-state index in [9.17, 15) is 4.39 Å². The Morgan fingerprint density at radius 3 is 3.00 bits per heavy atom. The third kappa shape index (κ3) is 1.46. The quantitative estimate of drug-likeness (QED) is 0.552. The number of fused-ring (bicyclic) bond motifs is 1. The lowest BCUT2D eigenvalue weighted by Gasteiger charge is -1.97. The number of rotatable bonds is 0. The van der Waals surface area contributed by atoms with Gasteiger partial charge in [0, 0.05) is 9.86 Å². The van der Waals surface area contributed by atoms with Gasteiger partial charge < -0.3 is 0 Å². The van der Waals surface area contributed by atoms with Gasteiger partial charge in [-0.2, -0.15) is 5.10 Å². The van der Waals surface area contributed by atoms with Gasteiger partial charge in [-0.25, -0.2) is 4.39 Å². The molecule has 0 saturated carbocycles. The summed E-state index contributed by atoms with van der Waals surface area (Å²) in [7, 11) is 0.